The highest BCUT2D eigenvalue weighted by Gasteiger charge is 2.15. The average molecular weight is 260 g/mol. The average Bonchev–Trinajstić information content (AvgIpc) is 2.66. The van der Waals surface area contributed by atoms with Crippen LogP contribution in [0.3, 0.4) is 0 Å². The van der Waals surface area contributed by atoms with E-state index in [4.69, 9.17) is 5.73 Å². The van der Waals surface area contributed by atoms with E-state index in [1.54, 1.807) is 0 Å². The summed E-state index contributed by atoms with van der Waals surface area (Å²) in [5, 5.41) is 2.99. The van der Waals surface area contributed by atoms with Gasteiger partial charge in [-0.05, 0) is 30.4 Å². The van der Waals surface area contributed by atoms with Gasteiger partial charge in [-0.15, -0.1) is 0 Å². The molecule has 1 amide bonds. The van der Waals surface area contributed by atoms with Crippen LogP contribution >= 0.6 is 0 Å². The van der Waals surface area contributed by atoms with E-state index < -0.39 is 0 Å². The van der Waals surface area contributed by atoms with Crippen molar-refractivity contribution in [1.29, 1.82) is 0 Å². The number of anilines is 1. The molecule has 1 fully saturated rings. The molecule has 1 aromatic rings. The van der Waals surface area contributed by atoms with E-state index >= 15 is 0 Å². The Kier molecular flexibility index (Phi) is 5.25. The minimum atomic E-state index is 0.162. The predicted octanol–water partition coefficient (Wildman–Crippen LogP) is 3.25. The first-order chi connectivity index (χ1) is 9.25. The Balaban J connectivity index is 1.76. The second-order valence-corrected chi connectivity index (χ2v) is 5.54. The first-order valence-electron chi connectivity index (χ1n) is 7.36. The van der Waals surface area contributed by atoms with E-state index in [1.807, 2.05) is 24.3 Å². The molecule has 3 N–H and O–H groups in total. The topological polar surface area (TPSA) is 55.1 Å². The van der Waals surface area contributed by atoms with Crippen molar-refractivity contribution < 1.29 is 4.79 Å². The SMILES string of the molecule is Nc1ccccc1CNC(=O)CC1CCCCCC1. The van der Waals surface area contributed by atoms with Gasteiger partial charge in [0, 0.05) is 18.7 Å². The lowest BCUT2D eigenvalue weighted by molar-refractivity contribution is -0.122. The van der Waals surface area contributed by atoms with Gasteiger partial charge < -0.3 is 11.1 Å². The number of rotatable bonds is 4. The first kappa shape index (κ1) is 13.9. The Morgan fingerprint density at radius 3 is 2.53 bits per heavy atom. The quantitative estimate of drug-likeness (QED) is 0.645. The molecule has 0 spiro atoms. The van der Waals surface area contributed by atoms with Crippen molar-refractivity contribution in [3.8, 4) is 0 Å². The summed E-state index contributed by atoms with van der Waals surface area (Å²) in [7, 11) is 0. The van der Waals surface area contributed by atoms with Crippen LogP contribution in [0, 0.1) is 5.92 Å². The second kappa shape index (κ2) is 7.17. The van der Waals surface area contributed by atoms with Gasteiger partial charge in [0.15, 0.2) is 0 Å². The summed E-state index contributed by atoms with van der Waals surface area (Å²) >= 11 is 0. The monoisotopic (exact) mass is 260 g/mol. The van der Waals surface area contributed by atoms with Gasteiger partial charge in [-0.2, -0.15) is 0 Å². The number of nitrogens with one attached hydrogen (secondary N) is 1. The minimum absolute atomic E-state index is 0.162. The van der Waals surface area contributed by atoms with Crippen LogP contribution < -0.4 is 11.1 Å². The molecule has 2 rings (SSSR count). The summed E-state index contributed by atoms with van der Waals surface area (Å²) in [5.41, 5.74) is 7.60. The fraction of sp³-hybridized carbons (Fsp3) is 0.562. The maximum atomic E-state index is 12.0. The highest BCUT2D eigenvalue weighted by Crippen LogP contribution is 2.25. The molecule has 3 nitrogen and oxygen atoms in total. The van der Waals surface area contributed by atoms with Crippen LogP contribution in [-0.4, -0.2) is 5.91 Å². The summed E-state index contributed by atoms with van der Waals surface area (Å²) in [6.45, 7) is 0.540. The lowest BCUT2D eigenvalue weighted by Crippen LogP contribution is -2.25. The van der Waals surface area contributed by atoms with Crippen LogP contribution in [0.15, 0.2) is 24.3 Å². The molecule has 3 heteroatoms. The summed E-state index contributed by atoms with van der Waals surface area (Å²) < 4.78 is 0. The fourth-order valence-corrected chi connectivity index (χ4v) is 2.79. The highest BCUT2D eigenvalue weighted by atomic mass is 16.1. The Labute approximate surface area is 115 Å². The molecule has 0 atom stereocenters. The molecule has 19 heavy (non-hydrogen) atoms. The maximum Gasteiger partial charge on any atom is 0.220 e. The number of hydrogen-bond acceptors (Lipinski definition) is 2. The molecule has 1 saturated carbocycles. The van der Waals surface area contributed by atoms with Crippen molar-refractivity contribution in [3.63, 3.8) is 0 Å². The zero-order chi connectivity index (χ0) is 13.5. The van der Waals surface area contributed by atoms with Crippen LogP contribution in [0.5, 0.6) is 0 Å². The number of hydrogen-bond donors (Lipinski definition) is 2. The van der Waals surface area contributed by atoms with Crippen molar-refractivity contribution in [3.05, 3.63) is 29.8 Å². The number of nitrogen functional groups attached to an aromatic ring is 1. The summed E-state index contributed by atoms with van der Waals surface area (Å²) in [6, 6.07) is 7.68. The molecule has 104 valence electrons. The molecule has 1 aliphatic rings. The fourth-order valence-electron chi connectivity index (χ4n) is 2.79. The number of carbonyl (C=O) groups excluding carboxylic acids is 1. The second-order valence-electron chi connectivity index (χ2n) is 5.54. The van der Waals surface area contributed by atoms with Crippen LogP contribution in [-0.2, 0) is 11.3 Å². The summed E-state index contributed by atoms with van der Waals surface area (Å²) in [4.78, 5) is 12.0. The van der Waals surface area contributed by atoms with Gasteiger partial charge >= 0.3 is 0 Å². The lowest BCUT2D eigenvalue weighted by Gasteiger charge is -2.14. The third-order valence-corrected chi connectivity index (χ3v) is 3.98. The van der Waals surface area contributed by atoms with Crippen LogP contribution in [0.25, 0.3) is 0 Å². The van der Waals surface area contributed by atoms with Crippen LogP contribution in [0.4, 0.5) is 5.69 Å². The van der Waals surface area contributed by atoms with Crippen molar-refractivity contribution in [1.82, 2.24) is 5.32 Å². The molecular weight excluding hydrogens is 236 g/mol. The van der Waals surface area contributed by atoms with Gasteiger partial charge in [0.25, 0.3) is 0 Å². The van der Waals surface area contributed by atoms with Gasteiger partial charge in [0.05, 0.1) is 0 Å². The van der Waals surface area contributed by atoms with Crippen molar-refractivity contribution in [2.75, 3.05) is 5.73 Å². The number of benzene rings is 1. The number of nitrogens with two attached hydrogens (primary N) is 1. The van der Waals surface area contributed by atoms with Gasteiger partial charge in [-0.1, -0.05) is 43.9 Å². The molecule has 0 radical (unpaired) electrons. The third-order valence-electron chi connectivity index (χ3n) is 3.98. The molecule has 0 heterocycles. The Bertz CT molecular complexity index is 409. The molecule has 1 aliphatic carbocycles. The smallest absolute Gasteiger partial charge is 0.220 e. The minimum Gasteiger partial charge on any atom is -0.398 e. The normalized spacial score (nSPS) is 16.8. The van der Waals surface area contributed by atoms with E-state index in [2.05, 4.69) is 5.32 Å². The number of carbonyl (C=O) groups is 1. The summed E-state index contributed by atoms with van der Waals surface area (Å²) in [5.74, 6) is 0.741. The largest absolute Gasteiger partial charge is 0.398 e. The van der Waals surface area contributed by atoms with E-state index in [-0.39, 0.29) is 5.91 Å². The van der Waals surface area contributed by atoms with Crippen molar-refractivity contribution in [2.45, 2.75) is 51.5 Å². The van der Waals surface area contributed by atoms with Crippen molar-refractivity contribution >= 4 is 11.6 Å². The molecule has 0 unspecified atom stereocenters. The van der Waals surface area contributed by atoms with E-state index in [0.29, 0.717) is 18.9 Å². The van der Waals surface area contributed by atoms with Crippen LogP contribution in [0.1, 0.15) is 50.5 Å². The Morgan fingerprint density at radius 1 is 1.16 bits per heavy atom. The Morgan fingerprint density at radius 2 is 1.84 bits per heavy atom. The standard InChI is InChI=1S/C16H24N2O/c17-15-10-6-5-9-14(15)12-18-16(19)11-13-7-3-1-2-4-8-13/h5-6,9-10,13H,1-4,7-8,11-12,17H2,(H,18,19). The van der Waals surface area contributed by atoms with Gasteiger partial charge in [-0.3, -0.25) is 4.79 Å². The Hall–Kier alpha value is -1.51. The number of amides is 1. The van der Waals surface area contributed by atoms with E-state index in [0.717, 1.165) is 11.3 Å². The maximum absolute atomic E-state index is 12.0. The van der Waals surface area contributed by atoms with Gasteiger partial charge in [0.2, 0.25) is 5.91 Å². The highest BCUT2D eigenvalue weighted by molar-refractivity contribution is 5.76. The molecule has 1 aromatic carbocycles. The van der Waals surface area contributed by atoms with Gasteiger partial charge in [0.1, 0.15) is 0 Å². The van der Waals surface area contributed by atoms with E-state index in [9.17, 15) is 4.79 Å². The predicted molar refractivity (Wildman–Crippen MR) is 78.5 cm³/mol. The molecule has 0 aromatic heterocycles. The van der Waals surface area contributed by atoms with Crippen molar-refractivity contribution in [2.24, 2.45) is 5.92 Å². The molecule has 0 bridgehead atoms. The molecule has 0 saturated heterocycles. The molecular formula is C16H24N2O. The number of para-hydroxylation sites is 1. The van der Waals surface area contributed by atoms with Gasteiger partial charge in [-0.25, -0.2) is 0 Å². The third kappa shape index (κ3) is 4.58. The zero-order valence-corrected chi connectivity index (χ0v) is 11.5. The molecule has 0 aliphatic heterocycles. The summed E-state index contributed by atoms with van der Waals surface area (Å²) in [6.07, 6.45) is 8.32. The first-order valence-corrected chi connectivity index (χ1v) is 7.36. The zero-order valence-electron chi connectivity index (χ0n) is 11.5. The van der Waals surface area contributed by atoms with Crippen LogP contribution in [0.2, 0.25) is 0 Å². The van der Waals surface area contributed by atoms with E-state index in [1.165, 1.54) is 38.5 Å². The lowest BCUT2D eigenvalue weighted by atomic mass is 9.96.